The van der Waals surface area contributed by atoms with Gasteiger partial charge in [-0.15, -0.1) is 0 Å². The van der Waals surface area contributed by atoms with Gasteiger partial charge in [-0.3, -0.25) is 9.69 Å². The molecule has 2 bridgehead atoms. The van der Waals surface area contributed by atoms with Gasteiger partial charge in [-0.1, -0.05) is 17.7 Å². The molecule has 3 aliphatic heterocycles. The highest BCUT2D eigenvalue weighted by Gasteiger charge is 2.35. The predicted molar refractivity (Wildman–Crippen MR) is 120 cm³/mol. The number of ether oxygens (including phenoxy) is 1. The summed E-state index contributed by atoms with van der Waals surface area (Å²) < 4.78 is 7.99. The molecule has 1 saturated heterocycles. The zero-order valence-corrected chi connectivity index (χ0v) is 18.4. The predicted octanol–water partition coefficient (Wildman–Crippen LogP) is 3.46. The van der Waals surface area contributed by atoms with E-state index in [1.807, 2.05) is 38.4 Å². The molecule has 2 atom stereocenters. The molecule has 4 heterocycles. The van der Waals surface area contributed by atoms with Crippen LogP contribution in [0.1, 0.15) is 29.2 Å². The van der Waals surface area contributed by atoms with Crippen LogP contribution in [0.2, 0.25) is 5.02 Å². The Labute approximate surface area is 182 Å². The minimum Gasteiger partial charge on any atom is -0.489 e. The van der Waals surface area contributed by atoms with Gasteiger partial charge in [0.25, 0.3) is 5.56 Å². The highest BCUT2D eigenvalue weighted by Crippen LogP contribution is 2.36. The summed E-state index contributed by atoms with van der Waals surface area (Å²) >= 11 is 6.15. The monoisotopic (exact) mass is 425 g/mol. The molecule has 30 heavy (non-hydrogen) atoms. The van der Waals surface area contributed by atoms with Crippen LogP contribution in [0.4, 0.5) is 0 Å². The van der Waals surface area contributed by atoms with Crippen LogP contribution >= 0.6 is 11.6 Å². The molecular formula is C24H28ClN3O2. The molecule has 5 rings (SSSR count). The van der Waals surface area contributed by atoms with Crippen molar-refractivity contribution < 1.29 is 4.74 Å². The molecular weight excluding hydrogens is 398 g/mol. The molecule has 0 N–H and O–H groups in total. The summed E-state index contributed by atoms with van der Waals surface area (Å²) in [5.41, 5.74) is 4.63. The zero-order chi connectivity index (χ0) is 20.8. The van der Waals surface area contributed by atoms with Crippen molar-refractivity contribution in [1.82, 2.24) is 14.4 Å². The summed E-state index contributed by atoms with van der Waals surface area (Å²) in [7, 11) is 4.01. The summed E-state index contributed by atoms with van der Waals surface area (Å²) in [5.74, 6) is 1.85. The molecule has 158 valence electrons. The van der Waals surface area contributed by atoms with Gasteiger partial charge in [-0.2, -0.15) is 0 Å². The number of hydrogen-bond acceptors (Lipinski definition) is 4. The third-order valence-corrected chi connectivity index (χ3v) is 6.65. The van der Waals surface area contributed by atoms with E-state index in [0.717, 1.165) is 48.1 Å². The molecule has 5 nitrogen and oxygen atoms in total. The Balaban J connectivity index is 1.34. The second-order valence-electron chi connectivity index (χ2n) is 9.20. The zero-order valence-electron chi connectivity index (χ0n) is 17.6. The highest BCUT2D eigenvalue weighted by molar-refractivity contribution is 6.30. The first kappa shape index (κ1) is 19.9. The molecule has 0 amide bonds. The van der Waals surface area contributed by atoms with Gasteiger partial charge in [-0.05, 0) is 62.3 Å². The number of pyridine rings is 1. The third-order valence-electron chi connectivity index (χ3n) is 6.42. The maximum absolute atomic E-state index is 13.0. The first-order valence-electron chi connectivity index (χ1n) is 10.7. The van der Waals surface area contributed by atoms with Gasteiger partial charge >= 0.3 is 0 Å². The number of fused-ring (bicyclic) bond motifs is 5. The molecule has 2 aromatic rings. The lowest BCUT2D eigenvalue weighted by molar-refractivity contribution is 0.126. The van der Waals surface area contributed by atoms with E-state index in [2.05, 4.69) is 26.5 Å². The molecule has 3 aliphatic rings. The van der Waals surface area contributed by atoms with Crippen molar-refractivity contribution in [1.29, 1.82) is 0 Å². The summed E-state index contributed by atoms with van der Waals surface area (Å²) in [4.78, 5) is 17.6. The Morgan fingerprint density at radius 3 is 2.87 bits per heavy atom. The number of rotatable bonds is 4. The standard InChI is InChI=1S/C24H28ClN3O2/c1-26(2)13-18-3-5-22-20-7-16(12-28(22)24(18)29)10-27(14-20)11-17-8-19-9-21(25)4-6-23(19)30-15-17/h3-6,8-9,16,20H,7,10-15H2,1-2H3/t16-,20+/m0/s1. The number of likely N-dealkylation sites (tertiary alicyclic amines) is 1. The minimum atomic E-state index is 0.196. The van der Waals surface area contributed by atoms with Gasteiger partial charge in [0.15, 0.2) is 0 Å². The minimum absolute atomic E-state index is 0.196. The molecule has 0 saturated carbocycles. The van der Waals surface area contributed by atoms with Crippen LogP contribution in [0.25, 0.3) is 6.08 Å². The fourth-order valence-corrected chi connectivity index (χ4v) is 5.43. The fourth-order valence-electron chi connectivity index (χ4n) is 5.25. The van der Waals surface area contributed by atoms with Crippen molar-refractivity contribution in [3.05, 3.63) is 68.1 Å². The molecule has 0 radical (unpaired) electrons. The van der Waals surface area contributed by atoms with Crippen LogP contribution < -0.4 is 10.3 Å². The average molecular weight is 426 g/mol. The molecule has 0 aliphatic carbocycles. The Kier molecular flexibility index (Phi) is 5.21. The van der Waals surface area contributed by atoms with E-state index in [1.165, 1.54) is 17.7 Å². The Morgan fingerprint density at radius 2 is 2.03 bits per heavy atom. The summed E-state index contributed by atoms with van der Waals surface area (Å²) in [6.07, 6.45) is 3.40. The van der Waals surface area contributed by atoms with Gasteiger partial charge in [0.2, 0.25) is 0 Å². The first-order valence-corrected chi connectivity index (χ1v) is 11.1. The number of nitrogens with zero attached hydrogens (tertiary/aromatic N) is 3. The number of piperidine rings is 1. The van der Waals surface area contributed by atoms with Crippen molar-refractivity contribution >= 4 is 17.7 Å². The van der Waals surface area contributed by atoms with Gasteiger partial charge in [0.1, 0.15) is 12.4 Å². The van der Waals surface area contributed by atoms with Crippen molar-refractivity contribution in [2.75, 3.05) is 40.3 Å². The van der Waals surface area contributed by atoms with E-state index in [4.69, 9.17) is 16.3 Å². The first-order chi connectivity index (χ1) is 14.5. The normalized spacial score (nSPS) is 22.9. The van der Waals surface area contributed by atoms with Gasteiger partial charge in [0, 0.05) is 60.5 Å². The van der Waals surface area contributed by atoms with Crippen LogP contribution in [-0.2, 0) is 13.1 Å². The Bertz CT molecular complexity index is 1060. The molecule has 1 aromatic carbocycles. The summed E-state index contributed by atoms with van der Waals surface area (Å²) in [6.45, 7) is 5.08. The molecule has 6 heteroatoms. The van der Waals surface area contributed by atoms with Crippen LogP contribution in [0, 0.1) is 5.92 Å². The fraction of sp³-hybridized carbons (Fsp3) is 0.458. The second kappa shape index (κ2) is 7.88. The van der Waals surface area contributed by atoms with Crippen LogP contribution in [0.3, 0.4) is 0 Å². The van der Waals surface area contributed by atoms with E-state index >= 15 is 0 Å². The van der Waals surface area contributed by atoms with Crippen molar-refractivity contribution in [2.45, 2.75) is 25.4 Å². The van der Waals surface area contributed by atoms with Gasteiger partial charge in [0.05, 0.1) is 0 Å². The van der Waals surface area contributed by atoms with Crippen molar-refractivity contribution in [3.8, 4) is 5.75 Å². The van der Waals surface area contributed by atoms with E-state index in [0.29, 0.717) is 25.0 Å². The Morgan fingerprint density at radius 1 is 1.17 bits per heavy atom. The number of benzene rings is 1. The number of hydrogen-bond donors (Lipinski definition) is 0. The van der Waals surface area contributed by atoms with Crippen molar-refractivity contribution in [2.24, 2.45) is 5.92 Å². The van der Waals surface area contributed by atoms with Crippen molar-refractivity contribution in [3.63, 3.8) is 0 Å². The molecule has 1 aromatic heterocycles. The molecule has 0 spiro atoms. The van der Waals surface area contributed by atoms with E-state index in [9.17, 15) is 4.79 Å². The van der Waals surface area contributed by atoms with E-state index in [1.54, 1.807) is 0 Å². The summed E-state index contributed by atoms with van der Waals surface area (Å²) in [5, 5.41) is 0.734. The smallest absolute Gasteiger partial charge is 0.255 e. The highest BCUT2D eigenvalue weighted by atomic mass is 35.5. The number of halogens is 1. The van der Waals surface area contributed by atoms with Crippen LogP contribution in [0.5, 0.6) is 5.75 Å². The largest absolute Gasteiger partial charge is 0.489 e. The lowest BCUT2D eigenvalue weighted by atomic mass is 9.82. The molecule has 0 unspecified atom stereocenters. The average Bonchev–Trinajstić information content (AvgIpc) is 2.70. The third kappa shape index (κ3) is 3.82. The lowest BCUT2D eigenvalue weighted by Crippen LogP contribution is -2.48. The second-order valence-corrected chi connectivity index (χ2v) is 9.64. The topological polar surface area (TPSA) is 37.7 Å². The SMILES string of the molecule is CN(C)Cc1ccc2n(c1=O)C[C@H]1C[C@@H]2CN(CC2=Cc3cc(Cl)ccc3OC2)C1. The van der Waals surface area contributed by atoms with Crippen LogP contribution in [-0.4, -0.2) is 54.7 Å². The van der Waals surface area contributed by atoms with E-state index in [-0.39, 0.29) is 5.56 Å². The Hall–Kier alpha value is -2.08. The van der Waals surface area contributed by atoms with Gasteiger partial charge in [-0.25, -0.2) is 0 Å². The van der Waals surface area contributed by atoms with E-state index < -0.39 is 0 Å². The summed E-state index contributed by atoms with van der Waals surface area (Å²) in [6, 6.07) is 10.00. The maximum atomic E-state index is 13.0. The number of aromatic nitrogens is 1. The van der Waals surface area contributed by atoms with Gasteiger partial charge < -0.3 is 14.2 Å². The lowest BCUT2D eigenvalue weighted by Gasteiger charge is -2.43. The van der Waals surface area contributed by atoms with Crippen LogP contribution in [0.15, 0.2) is 40.7 Å². The maximum Gasteiger partial charge on any atom is 0.255 e. The molecule has 1 fully saturated rings. The quantitative estimate of drug-likeness (QED) is 0.751.